The van der Waals surface area contributed by atoms with Gasteiger partial charge in [-0.15, -0.1) is 0 Å². The van der Waals surface area contributed by atoms with Gasteiger partial charge >= 0.3 is 11.9 Å². The summed E-state index contributed by atoms with van der Waals surface area (Å²) in [4.78, 5) is 23.1. The summed E-state index contributed by atoms with van der Waals surface area (Å²) in [5.74, 6) is -0.721. The van der Waals surface area contributed by atoms with Crippen molar-refractivity contribution < 1.29 is 19.1 Å². The van der Waals surface area contributed by atoms with Gasteiger partial charge in [-0.05, 0) is 67.2 Å². The monoisotopic (exact) mass is 310 g/mol. The molecule has 0 bridgehead atoms. The van der Waals surface area contributed by atoms with Crippen molar-refractivity contribution in [1.82, 2.24) is 0 Å². The molecule has 0 saturated heterocycles. The third-order valence-corrected chi connectivity index (χ3v) is 3.24. The average Bonchev–Trinajstić information content (AvgIpc) is 2.33. The molecule has 0 spiro atoms. The third-order valence-electron chi connectivity index (χ3n) is 3.24. The smallest absolute Gasteiger partial charge is 0.333 e. The van der Waals surface area contributed by atoms with Gasteiger partial charge < -0.3 is 9.47 Å². The summed E-state index contributed by atoms with van der Waals surface area (Å²) < 4.78 is 10.8. The molecule has 0 radical (unpaired) electrons. The van der Waals surface area contributed by atoms with Crippen molar-refractivity contribution >= 4 is 11.9 Å². The van der Waals surface area contributed by atoms with Gasteiger partial charge in [0.15, 0.2) is 0 Å². The summed E-state index contributed by atoms with van der Waals surface area (Å²) in [6, 6.07) is 0. The maximum absolute atomic E-state index is 11.5. The Morgan fingerprint density at radius 3 is 1.27 bits per heavy atom. The van der Waals surface area contributed by atoms with E-state index in [1.807, 2.05) is 27.7 Å². The predicted octanol–water partition coefficient (Wildman–Crippen LogP) is 4.34. The Hall–Kier alpha value is -1.58. The Kier molecular flexibility index (Phi) is 7.57. The molecule has 0 aliphatic heterocycles. The Balaban J connectivity index is 4.20. The van der Waals surface area contributed by atoms with Gasteiger partial charge in [0.1, 0.15) is 11.2 Å². The summed E-state index contributed by atoms with van der Waals surface area (Å²) >= 11 is 0. The van der Waals surface area contributed by atoms with Crippen molar-refractivity contribution in [1.29, 1.82) is 0 Å². The molecule has 0 unspecified atom stereocenters. The van der Waals surface area contributed by atoms with Crippen LogP contribution >= 0.6 is 0 Å². The minimum absolute atomic E-state index is 0.360. The van der Waals surface area contributed by atoms with Crippen LogP contribution in [0.2, 0.25) is 0 Å². The summed E-state index contributed by atoms with van der Waals surface area (Å²) in [6.45, 7) is 18.0. The fourth-order valence-corrected chi connectivity index (χ4v) is 1.88. The van der Waals surface area contributed by atoms with Gasteiger partial charge in [-0.2, -0.15) is 0 Å². The second kappa shape index (κ2) is 8.16. The van der Waals surface area contributed by atoms with Crippen molar-refractivity contribution in [2.24, 2.45) is 0 Å². The van der Waals surface area contributed by atoms with Crippen LogP contribution in [0.4, 0.5) is 0 Å². The van der Waals surface area contributed by atoms with E-state index in [2.05, 4.69) is 13.2 Å². The van der Waals surface area contributed by atoms with E-state index >= 15 is 0 Å². The summed E-state index contributed by atoms with van der Waals surface area (Å²) in [6.07, 6.45) is 3.25. The largest absolute Gasteiger partial charge is 0.456 e. The van der Waals surface area contributed by atoms with Crippen LogP contribution in [-0.4, -0.2) is 23.1 Å². The SMILES string of the molecule is C=C(C)C(=O)OC(C)(C)CCCCC(C)(C)OC(=O)C(=C)C. The van der Waals surface area contributed by atoms with Crippen molar-refractivity contribution in [3.63, 3.8) is 0 Å². The van der Waals surface area contributed by atoms with Crippen LogP contribution in [0.15, 0.2) is 24.3 Å². The summed E-state index contributed by atoms with van der Waals surface area (Å²) in [5, 5.41) is 0. The van der Waals surface area contributed by atoms with E-state index < -0.39 is 11.2 Å². The minimum atomic E-state index is -0.519. The normalized spacial score (nSPS) is 11.7. The molecule has 0 aliphatic carbocycles. The molecule has 0 saturated carbocycles. The lowest BCUT2D eigenvalue weighted by Crippen LogP contribution is -2.30. The number of carbonyl (C=O) groups is 2. The molecule has 22 heavy (non-hydrogen) atoms. The van der Waals surface area contributed by atoms with Crippen LogP contribution in [0, 0.1) is 0 Å². The standard InChI is InChI=1S/C18H30O4/c1-13(2)15(19)21-17(5,6)11-9-10-12-18(7,8)22-16(20)14(3)4/h1,3,9-12H2,2,4-8H3. The highest BCUT2D eigenvalue weighted by Gasteiger charge is 2.25. The molecule has 0 aromatic rings. The molecule has 4 heteroatoms. The minimum Gasteiger partial charge on any atom is -0.456 e. The molecule has 0 heterocycles. The highest BCUT2D eigenvalue weighted by Crippen LogP contribution is 2.24. The van der Waals surface area contributed by atoms with E-state index in [-0.39, 0.29) is 11.9 Å². The van der Waals surface area contributed by atoms with Gasteiger partial charge in [0, 0.05) is 11.1 Å². The third kappa shape index (κ3) is 8.65. The van der Waals surface area contributed by atoms with Crippen molar-refractivity contribution in [3.05, 3.63) is 24.3 Å². The van der Waals surface area contributed by atoms with Crippen molar-refractivity contribution in [3.8, 4) is 0 Å². The van der Waals surface area contributed by atoms with E-state index in [0.29, 0.717) is 11.1 Å². The number of carbonyl (C=O) groups excluding carboxylic acids is 2. The quantitative estimate of drug-likeness (QED) is 0.361. The molecular formula is C18H30O4. The van der Waals surface area contributed by atoms with Crippen molar-refractivity contribution in [2.75, 3.05) is 0 Å². The first kappa shape index (κ1) is 20.4. The topological polar surface area (TPSA) is 52.6 Å². The second-order valence-corrected chi connectivity index (χ2v) is 7.07. The van der Waals surface area contributed by atoms with E-state index in [4.69, 9.17) is 9.47 Å². The zero-order chi connectivity index (χ0) is 17.6. The fourth-order valence-electron chi connectivity index (χ4n) is 1.88. The van der Waals surface area contributed by atoms with Gasteiger partial charge in [-0.1, -0.05) is 13.2 Å². The number of rotatable bonds is 9. The molecule has 0 aromatic carbocycles. The Morgan fingerprint density at radius 2 is 1.05 bits per heavy atom. The van der Waals surface area contributed by atoms with Gasteiger partial charge in [0.05, 0.1) is 0 Å². The molecule has 0 atom stereocenters. The number of hydrogen-bond acceptors (Lipinski definition) is 4. The number of ether oxygens (including phenoxy) is 2. The molecule has 0 N–H and O–H groups in total. The first-order chi connectivity index (χ1) is 9.86. The van der Waals surface area contributed by atoms with Crippen LogP contribution in [0.1, 0.15) is 67.2 Å². The van der Waals surface area contributed by atoms with Gasteiger partial charge in [-0.25, -0.2) is 9.59 Å². The van der Waals surface area contributed by atoms with E-state index in [1.54, 1.807) is 13.8 Å². The highest BCUT2D eigenvalue weighted by atomic mass is 16.6. The zero-order valence-corrected chi connectivity index (χ0v) is 14.9. The maximum atomic E-state index is 11.5. The van der Waals surface area contributed by atoms with Crippen LogP contribution in [0.3, 0.4) is 0 Å². The van der Waals surface area contributed by atoms with Gasteiger partial charge in [0.2, 0.25) is 0 Å². The van der Waals surface area contributed by atoms with E-state index in [1.165, 1.54) is 0 Å². The molecule has 0 aliphatic rings. The highest BCUT2D eigenvalue weighted by molar-refractivity contribution is 5.87. The van der Waals surface area contributed by atoms with Crippen LogP contribution in [0.5, 0.6) is 0 Å². The Morgan fingerprint density at radius 1 is 0.773 bits per heavy atom. The number of unbranched alkanes of at least 4 members (excludes halogenated alkanes) is 1. The van der Waals surface area contributed by atoms with Crippen LogP contribution in [0.25, 0.3) is 0 Å². The lowest BCUT2D eigenvalue weighted by Gasteiger charge is -2.27. The molecular weight excluding hydrogens is 280 g/mol. The lowest BCUT2D eigenvalue weighted by molar-refractivity contribution is -0.154. The maximum Gasteiger partial charge on any atom is 0.333 e. The average molecular weight is 310 g/mol. The Bertz CT molecular complexity index is 402. The molecule has 4 nitrogen and oxygen atoms in total. The predicted molar refractivity (Wildman–Crippen MR) is 88.4 cm³/mol. The molecule has 126 valence electrons. The molecule has 0 amide bonds. The summed E-state index contributed by atoms with van der Waals surface area (Å²) in [7, 11) is 0. The van der Waals surface area contributed by atoms with E-state index in [0.717, 1.165) is 25.7 Å². The fraction of sp³-hybridized carbons (Fsp3) is 0.667. The van der Waals surface area contributed by atoms with Crippen molar-refractivity contribution in [2.45, 2.75) is 78.4 Å². The molecule has 0 aromatic heterocycles. The lowest BCUT2D eigenvalue weighted by atomic mass is 9.95. The van der Waals surface area contributed by atoms with Crippen LogP contribution in [-0.2, 0) is 19.1 Å². The van der Waals surface area contributed by atoms with Gasteiger partial charge in [0.25, 0.3) is 0 Å². The first-order valence-electron chi connectivity index (χ1n) is 7.64. The molecule has 0 fully saturated rings. The van der Waals surface area contributed by atoms with Crippen LogP contribution < -0.4 is 0 Å². The number of esters is 2. The number of hydrogen-bond donors (Lipinski definition) is 0. The first-order valence-corrected chi connectivity index (χ1v) is 7.64. The zero-order valence-electron chi connectivity index (χ0n) is 14.9. The molecule has 0 rings (SSSR count). The Labute approximate surface area is 134 Å². The second-order valence-electron chi connectivity index (χ2n) is 7.07. The summed E-state index contributed by atoms with van der Waals surface area (Å²) in [5.41, 5.74) is -0.231. The van der Waals surface area contributed by atoms with E-state index in [9.17, 15) is 9.59 Å². The van der Waals surface area contributed by atoms with Gasteiger partial charge in [-0.3, -0.25) is 0 Å².